The predicted octanol–water partition coefficient (Wildman–Crippen LogP) is 1.18. The molecule has 114 valence electrons. The van der Waals surface area contributed by atoms with Crippen molar-refractivity contribution in [2.45, 2.75) is 25.4 Å². The van der Waals surface area contributed by atoms with Gasteiger partial charge in [0.25, 0.3) is 11.6 Å². The summed E-state index contributed by atoms with van der Waals surface area (Å²) < 4.78 is 5.45. The predicted molar refractivity (Wildman–Crippen MR) is 76.8 cm³/mol. The summed E-state index contributed by atoms with van der Waals surface area (Å²) in [6.45, 7) is 1.18. The van der Waals surface area contributed by atoms with E-state index in [4.69, 9.17) is 10.6 Å². The summed E-state index contributed by atoms with van der Waals surface area (Å²) in [5.74, 6) is 4.77. The van der Waals surface area contributed by atoms with Crippen LogP contribution in [-0.4, -0.2) is 30.1 Å². The highest BCUT2D eigenvalue weighted by atomic mass is 16.6. The normalized spacial score (nSPS) is 17.5. The number of carbonyl (C=O) groups excluding carboxylic acids is 1. The molecular weight excluding hydrogens is 276 g/mol. The van der Waals surface area contributed by atoms with Crippen LogP contribution < -0.4 is 16.6 Å². The second-order valence-electron chi connectivity index (χ2n) is 4.81. The molecule has 1 aliphatic heterocycles. The molecular formula is C13H18N4O4. The molecule has 1 saturated heterocycles. The third kappa shape index (κ3) is 3.89. The van der Waals surface area contributed by atoms with Crippen molar-refractivity contribution < 1.29 is 14.5 Å². The highest BCUT2D eigenvalue weighted by Gasteiger charge is 2.21. The molecule has 0 radical (unpaired) electrons. The van der Waals surface area contributed by atoms with E-state index in [1.54, 1.807) is 0 Å². The van der Waals surface area contributed by atoms with Crippen LogP contribution >= 0.6 is 0 Å². The number of nitro groups is 1. The number of hydrazine groups is 1. The van der Waals surface area contributed by atoms with Gasteiger partial charge in [-0.1, -0.05) is 0 Å². The lowest BCUT2D eigenvalue weighted by Crippen LogP contribution is -2.27. The SMILES string of the molecule is NNc1ccc([N+](=O)[O-])c(C(=O)NCCC2CCCO2)c1. The van der Waals surface area contributed by atoms with Gasteiger partial charge in [0.2, 0.25) is 0 Å². The minimum absolute atomic E-state index is 0.0113. The quantitative estimate of drug-likeness (QED) is 0.411. The molecule has 1 unspecified atom stereocenters. The number of nitrogens with zero attached hydrogens (tertiary/aromatic N) is 1. The number of carbonyl (C=O) groups is 1. The smallest absolute Gasteiger partial charge is 0.282 e. The van der Waals surface area contributed by atoms with Gasteiger partial charge in [0.15, 0.2) is 0 Å². The fourth-order valence-electron chi connectivity index (χ4n) is 2.28. The van der Waals surface area contributed by atoms with Crippen LogP contribution in [0.2, 0.25) is 0 Å². The van der Waals surface area contributed by atoms with Crippen molar-refractivity contribution in [3.63, 3.8) is 0 Å². The zero-order valence-electron chi connectivity index (χ0n) is 11.5. The number of nitrogens with one attached hydrogen (secondary N) is 2. The van der Waals surface area contributed by atoms with Crippen LogP contribution in [0.3, 0.4) is 0 Å². The Kier molecular flexibility index (Phi) is 5.07. The first-order chi connectivity index (χ1) is 10.1. The van der Waals surface area contributed by atoms with E-state index < -0.39 is 10.8 Å². The summed E-state index contributed by atoms with van der Waals surface area (Å²) in [5.41, 5.74) is 2.54. The Bertz CT molecular complexity index is 529. The molecule has 1 aromatic rings. The first-order valence-corrected chi connectivity index (χ1v) is 6.76. The number of rotatable bonds is 6. The first-order valence-electron chi connectivity index (χ1n) is 6.76. The van der Waals surface area contributed by atoms with E-state index in [1.807, 2.05) is 0 Å². The molecule has 21 heavy (non-hydrogen) atoms. The molecule has 0 spiro atoms. The maximum Gasteiger partial charge on any atom is 0.282 e. The summed E-state index contributed by atoms with van der Waals surface area (Å²) in [7, 11) is 0. The van der Waals surface area contributed by atoms with Gasteiger partial charge in [-0.15, -0.1) is 0 Å². The third-order valence-corrected chi connectivity index (χ3v) is 3.38. The Labute approximate surface area is 121 Å². The molecule has 0 bridgehead atoms. The van der Waals surface area contributed by atoms with Gasteiger partial charge in [-0.25, -0.2) is 0 Å². The number of benzene rings is 1. The maximum atomic E-state index is 12.1. The van der Waals surface area contributed by atoms with Crippen molar-refractivity contribution in [1.29, 1.82) is 0 Å². The number of nitro benzene ring substituents is 1. The van der Waals surface area contributed by atoms with Crippen LogP contribution in [0.15, 0.2) is 18.2 Å². The van der Waals surface area contributed by atoms with Gasteiger partial charge < -0.3 is 15.5 Å². The number of ether oxygens (including phenoxy) is 1. The second-order valence-corrected chi connectivity index (χ2v) is 4.81. The fourth-order valence-corrected chi connectivity index (χ4v) is 2.28. The largest absolute Gasteiger partial charge is 0.378 e. The van der Waals surface area contributed by atoms with Crippen LogP contribution in [0.5, 0.6) is 0 Å². The van der Waals surface area contributed by atoms with E-state index in [2.05, 4.69) is 10.7 Å². The number of nitrogen functional groups attached to an aromatic ring is 1. The number of anilines is 1. The first kappa shape index (κ1) is 15.2. The van der Waals surface area contributed by atoms with Crippen molar-refractivity contribution in [3.05, 3.63) is 33.9 Å². The van der Waals surface area contributed by atoms with Gasteiger partial charge in [-0.2, -0.15) is 0 Å². The summed E-state index contributed by atoms with van der Waals surface area (Å²) in [6, 6.07) is 4.06. The molecule has 1 heterocycles. The van der Waals surface area contributed by atoms with Crippen molar-refractivity contribution in [1.82, 2.24) is 5.32 Å². The second kappa shape index (κ2) is 7.00. The number of amides is 1. The van der Waals surface area contributed by atoms with Crippen molar-refractivity contribution in [2.75, 3.05) is 18.6 Å². The standard InChI is InChI=1S/C13H18N4O4/c14-16-9-3-4-12(17(19)20)11(8-9)13(18)15-6-5-10-2-1-7-21-10/h3-4,8,10,16H,1-2,5-7,14H2,(H,15,18). The molecule has 8 nitrogen and oxygen atoms in total. The molecule has 0 aromatic heterocycles. The third-order valence-electron chi connectivity index (χ3n) is 3.38. The van der Waals surface area contributed by atoms with E-state index >= 15 is 0 Å². The minimum Gasteiger partial charge on any atom is -0.378 e. The van der Waals surface area contributed by atoms with E-state index in [9.17, 15) is 14.9 Å². The summed E-state index contributed by atoms with van der Waals surface area (Å²) in [6.07, 6.45) is 2.89. The minimum atomic E-state index is -0.588. The summed E-state index contributed by atoms with van der Waals surface area (Å²) in [4.78, 5) is 22.5. The van der Waals surface area contributed by atoms with Gasteiger partial charge >= 0.3 is 0 Å². The molecule has 4 N–H and O–H groups in total. The lowest BCUT2D eigenvalue weighted by atomic mass is 10.1. The zero-order valence-corrected chi connectivity index (χ0v) is 11.5. The number of nitrogens with two attached hydrogens (primary N) is 1. The van der Waals surface area contributed by atoms with E-state index in [-0.39, 0.29) is 17.4 Å². The van der Waals surface area contributed by atoms with Crippen LogP contribution in [0.1, 0.15) is 29.6 Å². The summed E-state index contributed by atoms with van der Waals surface area (Å²) in [5, 5.41) is 13.6. The Morgan fingerprint density at radius 1 is 1.52 bits per heavy atom. The molecule has 8 heteroatoms. The fraction of sp³-hybridized carbons (Fsp3) is 0.462. The Hall–Kier alpha value is -2.19. The Morgan fingerprint density at radius 2 is 2.33 bits per heavy atom. The highest BCUT2D eigenvalue weighted by Crippen LogP contribution is 2.22. The van der Waals surface area contributed by atoms with Gasteiger partial charge in [0.1, 0.15) is 5.56 Å². The van der Waals surface area contributed by atoms with Gasteiger partial charge in [0, 0.05) is 24.9 Å². The number of hydrogen-bond acceptors (Lipinski definition) is 6. The monoisotopic (exact) mass is 294 g/mol. The van der Waals surface area contributed by atoms with E-state index in [0.29, 0.717) is 18.7 Å². The van der Waals surface area contributed by atoms with Crippen molar-refractivity contribution >= 4 is 17.3 Å². The lowest BCUT2D eigenvalue weighted by Gasteiger charge is -2.11. The van der Waals surface area contributed by atoms with Gasteiger partial charge in [0.05, 0.1) is 11.0 Å². The topological polar surface area (TPSA) is 120 Å². The molecule has 1 aromatic carbocycles. The summed E-state index contributed by atoms with van der Waals surface area (Å²) >= 11 is 0. The van der Waals surface area contributed by atoms with Gasteiger partial charge in [-0.05, 0) is 31.4 Å². The molecule has 1 atom stereocenters. The highest BCUT2D eigenvalue weighted by molar-refractivity contribution is 5.99. The zero-order chi connectivity index (χ0) is 15.2. The lowest BCUT2D eigenvalue weighted by molar-refractivity contribution is -0.385. The van der Waals surface area contributed by atoms with Crippen molar-refractivity contribution in [3.8, 4) is 0 Å². The van der Waals surface area contributed by atoms with E-state index in [0.717, 1.165) is 19.4 Å². The molecule has 1 aliphatic rings. The number of hydrogen-bond donors (Lipinski definition) is 3. The molecule has 2 rings (SSSR count). The Morgan fingerprint density at radius 3 is 2.95 bits per heavy atom. The maximum absolute atomic E-state index is 12.1. The van der Waals surface area contributed by atoms with Crippen LogP contribution in [-0.2, 0) is 4.74 Å². The van der Waals surface area contributed by atoms with Crippen LogP contribution in [0.25, 0.3) is 0 Å². The van der Waals surface area contributed by atoms with Crippen LogP contribution in [0.4, 0.5) is 11.4 Å². The molecule has 1 fully saturated rings. The van der Waals surface area contributed by atoms with Crippen molar-refractivity contribution in [2.24, 2.45) is 5.84 Å². The van der Waals surface area contributed by atoms with Crippen LogP contribution in [0, 0.1) is 10.1 Å². The van der Waals surface area contributed by atoms with Gasteiger partial charge in [-0.3, -0.25) is 20.8 Å². The Balaban J connectivity index is 2.00. The average molecular weight is 294 g/mol. The van der Waals surface area contributed by atoms with E-state index in [1.165, 1.54) is 18.2 Å². The molecule has 1 amide bonds. The molecule has 0 saturated carbocycles. The molecule has 0 aliphatic carbocycles. The average Bonchev–Trinajstić information content (AvgIpc) is 2.99.